The zero-order chi connectivity index (χ0) is 16.2. The molecule has 120 valence electrons. The highest BCUT2D eigenvalue weighted by atomic mass is 16.1. The molecule has 2 aromatic rings. The lowest BCUT2D eigenvalue weighted by Gasteiger charge is -2.33. The van der Waals surface area contributed by atoms with Gasteiger partial charge in [0.05, 0.1) is 6.20 Å². The lowest BCUT2D eigenvalue weighted by atomic mass is 10.1. The maximum Gasteiger partial charge on any atom is 0.249 e. The molecule has 1 aliphatic rings. The molecular weight excluding hydrogens is 292 g/mol. The van der Waals surface area contributed by atoms with Crippen molar-refractivity contribution in [3.8, 4) is 0 Å². The van der Waals surface area contributed by atoms with Gasteiger partial charge in [0.1, 0.15) is 0 Å². The molecule has 0 spiro atoms. The van der Waals surface area contributed by atoms with Crippen molar-refractivity contribution in [2.45, 2.75) is 13.8 Å². The van der Waals surface area contributed by atoms with Crippen LogP contribution in [0.4, 0.5) is 17.5 Å². The van der Waals surface area contributed by atoms with Crippen LogP contribution in [0.1, 0.15) is 11.1 Å². The van der Waals surface area contributed by atoms with E-state index in [1.807, 2.05) is 12.1 Å². The first-order valence-corrected chi connectivity index (χ1v) is 7.63. The van der Waals surface area contributed by atoms with Gasteiger partial charge in [-0.1, -0.05) is 6.07 Å². The van der Waals surface area contributed by atoms with E-state index in [1.54, 1.807) is 11.1 Å². The smallest absolute Gasteiger partial charge is 0.249 e. The van der Waals surface area contributed by atoms with Crippen LogP contribution >= 0.6 is 0 Å². The molecule has 23 heavy (non-hydrogen) atoms. The number of aromatic nitrogens is 3. The topological polar surface area (TPSA) is 74.2 Å². The number of benzene rings is 1. The normalized spacial score (nSPS) is 14.7. The Bertz CT molecular complexity index is 676. The number of nitrogens with zero attached hydrogens (tertiary/aromatic N) is 5. The Balaban J connectivity index is 1.73. The van der Waals surface area contributed by atoms with E-state index in [2.05, 4.69) is 45.3 Å². The quantitative estimate of drug-likeness (QED) is 0.863. The minimum atomic E-state index is 0.477. The molecule has 0 bridgehead atoms. The zero-order valence-corrected chi connectivity index (χ0v) is 13.4. The minimum absolute atomic E-state index is 0.477. The van der Waals surface area contributed by atoms with Crippen LogP contribution in [-0.4, -0.2) is 52.7 Å². The van der Waals surface area contributed by atoms with E-state index >= 15 is 0 Å². The third-order valence-electron chi connectivity index (χ3n) is 3.81. The molecule has 1 aliphatic heterocycles. The molecule has 1 aromatic heterocycles. The van der Waals surface area contributed by atoms with Gasteiger partial charge in [-0.2, -0.15) is 10.1 Å². The van der Waals surface area contributed by atoms with Gasteiger partial charge >= 0.3 is 0 Å². The van der Waals surface area contributed by atoms with Crippen molar-refractivity contribution in [3.05, 3.63) is 35.5 Å². The first kappa shape index (κ1) is 15.2. The van der Waals surface area contributed by atoms with Crippen molar-refractivity contribution < 1.29 is 4.79 Å². The summed E-state index contributed by atoms with van der Waals surface area (Å²) in [5, 5.41) is 11.3. The highest BCUT2D eigenvalue weighted by Crippen LogP contribution is 2.19. The SMILES string of the molecule is Cc1cc(C)cc(Nc2nncc(N3CCN(C=O)CC3)n2)c1. The molecule has 3 rings (SSSR count). The lowest BCUT2D eigenvalue weighted by Crippen LogP contribution is -2.46. The van der Waals surface area contributed by atoms with E-state index in [4.69, 9.17) is 0 Å². The molecule has 7 heteroatoms. The van der Waals surface area contributed by atoms with Crippen molar-refractivity contribution in [2.24, 2.45) is 0 Å². The van der Waals surface area contributed by atoms with Gasteiger partial charge in [0.15, 0.2) is 5.82 Å². The molecule has 2 heterocycles. The minimum Gasteiger partial charge on any atom is -0.352 e. The Morgan fingerprint density at radius 3 is 2.43 bits per heavy atom. The standard InChI is InChI=1S/C16H20N6O/c1-12-7-13(2)9-14(8-12)18-16-19-15(10-17-20-16)22-5-3-21(11-23)4-6-22/h7-11H,3-6H2,1-2H3,(H,18,19,20). The number of piperazine rings is 1. The fourth-order valence-electron chi connectivity index (χ4n) is 2.73. The summed E-state index contributed by atoms with van der Waals surface area (Å²) in [6, 6.07) is 6.21. The fraction of sp³-hybridized carbons (Fsp3) is 0.375. The van der Waals surface area contributed by atoms with Crippen LogP contribution < -0.4 is 10.2 Å². The molecule has 0 aliphatic carbocycles. The van der Waals surface area contributed by atoms with E-state index in [9.17, 15) is 4.79 Å². The van der Waals surface area contributed by atoms with Crippen molar-refractivity contribution in [2.75, 3.05) is 36.4 Å². The van der Waals surface area contributed by atoms with E-state index in [1.165, 1.54) is 11.1 Å². The Labute approximate surface area is 135 Å². The van der Waals surface area contributed by atoms with Crippen LogP contribution in [0.25, 0.3) is 0 Å². The number of rotatable bonds is 4. The van der Waals surface area contributed by atoms with Gasteiger partial charge < -0.3 is 15.1 Å². The average Bonchev–Trinajstić information content (AvgIpc) is 2.54. The Morgan fingerprint density at radius 1 is 1.09 bits per heavy atom. The summed E-state index contributed by atoms with van der Waals surface area (Å²) in [4.78, 5) is 19.2. The number of carbonyl (C=O) groups excluding carboxylic acids is 1. The van der Waals surface area contributed by atoms with Gasteiger partial charge in [-0.15, -0.1) is 5.10 Å². The summed E-state index contributed by atoms with van der Waals surface area (Å²) < 4.78 is 0. The predicted molar refractivity (Wildman–Crippen MR) is 88.9 cm³/mol. The van der Waals surface area contributed by atoms with Gasteiger partial charge in [-0.05, 0) is 37.1 Å². The molecular formula is C16H20N6O. The monoisotopic (exact) mass is 312 g/mol. The van der Waals surface area contributed by atoms with Gasteiger partial charge in [-0.25, -0.2) is 0 Å². The van der Waals surface area contributed by atoms with E-state index < -0.39 is 0 Å². The molecule has 0 unspecified atom stereocenters. The van der Waals surface area contributed by atoms with Gasteiger partial charge in [0.25, 0.3) is 0 Å². The summed E-state index contributed by atoms with van der Waals surface area (Å²) >= 11 is 0. The number of nitrogens with one attached hydrogen (secondary N) is 1. The Morgan fingerprint density at radius 2 is 1.78 bits per heavy atom. The molecule has 1 saturated heterocycles. The van der Waals surface area contributed by atoms with Crippen molar-refractivity contribution in [1.29, 1.82) is 0 Å². The van der Waals surface area contributed by atoms with Crippen LogP contribution in [-0.2, 0) is 4.79 Å². The van der Waals surface area contributed by atoms with Crippen molar-refractivity contribution >= 4 is 23.9 Å². The largest absolute Gasteiger partial charge is 0.352 e. The summed E-state index contributed by atoms with van der Waals surface area (Å²) in [7, 11) is 0. The molecule has 1 N–H and O–H groups in total. The summed E-state index contributed by atoms with van der Waals surface area (Å²) in [6.45, 7) is 7.02. The number of aryl methyl sites for hydroxylation is 2. The van der Waals surface area contributed by atoms with Crippen LogP contribution in [0, 0.1) is 13.8 Å². The van der Waals surface area contributed by atoms with Crippen molar-refractivity contribution in [3.63, 3.8) is 0 Å². The third kappa shape index (κ3) is 3.74. The van der Waals surface area contributed by atoms with Crippen LogP contribution in [0.5, 0.6) is 0 Å². The molecule has 0 radical (unpaired) electrons. The van der Waals surface area contributed by atoms with Gasteiger partial charge in [0, 0.05) is 31.9 Å². The third-order valence-corrected chi connectivity index (χ3v) is 3.81. The van der Waals surface area contributed by atoms with E-state index in [-0.39, 0.29) is 0 Å². The van der Waals surface area contributed by atoms with Crippen molar-refractivity contribution in [1.82, 2.24) is 20.1 Å². The maximum atomic E-state index is 10.8. The average molecular weight is 312 g/mol. The van der Waals surface area contributed by atoms with Crippen LogP contribution in [0.3, 0.4) is 0 Å². The lowest BCUT2D eigenvalue weighted by molar-refractivity contribution is -0.118. The first-order chi connectivity index (χ1) is 11.1. The number of hydrogen-bond acceptors (Lipinski definition) is 6. The molecule has 1 fully saturated rings. The second-order valence-corrected chi connectivity index (χ2v) is 5.77. The number of amides is 1. The summed E-state index contributed by atoms with van der Waals surface area (Å²) in [6.07, 6.45) is 2.55. The number of carbonyl (C=O) groups is 1. The van der Waals surface area contributed by atoms with E-state index in [0.29, 0.717) is 19.0 Å². The van der Waals surface area contributed by atoms with Gasteiger partial charge in [-0.3, -0.25) is 4.79 Å². The highest BCUT2D eigenvalue weighted by Gasteiger charge is 2.17. The molecule has 1 amide bonds. The zero-order valence-electron chi connectivity index (χ0n) is 13.4. The number of anilines is 3. The second kappa shape index (κ2) is 6.60. The molecule has 1 aromatic carbocycles. The summed E-state index contributed by atoms with van der Waals surface area (Å²) in [5.41, 5.74) is 3.32. The molecule has 0 saturated carbocycles. The highest BCUT2D eigenvalue weighted by molar-refractivity contribution is 5.57. The number of hydrogen-bond donors (Lipinski definition) is 1. The maximum absolute atomic E-state index is 10.8. The molecule has 7 nitrogen and oxygen atoms in total. The second-order valence-electron chi connectivity index (χ2n) is 5.77. The fourth-order valence-corrected chi connectivity index (χ4v) is 2.73. The van der Waals surface area contributed by atoms with Crippen LogP contribution in [0.2, 0.25) is 0 Å². The van der Waals surface area contributed by atoms with Crippen LogP contribution in [0.15, 0.2) is 24.4 Å². The summed E-state index contributed by atoms with van der Waals surface area (Å²) in [5.74, 6) is 1.25. The van der Waals surface area contributed by atoms with E-state index in [0.717, 1.165) is 31.0 Å². The Hall–Kier alpha value is -2.70. The first-order valence-electron chi connectivity index (χ1n) is 7.63. The van der Waals surface area contributed by atoms with Gasteiger partial charge in [0.2, 0.25) is 12.4 Å². The molecule has 0 atom stereocenters. The predicted octanol–water partition coefficient (Wildman–Crippen LogP) is 1.51. The Kier molecular flexibility index (Phi) is 4.36.